The first-order valence-electron chi connectivity index (χ1n) is 10.7. The SMILES string of the molecule is CC(C)NC(=O)CC1CC2(CCN(Cc3cccnc3)CC2)Oc2ccccc21. The minimum atomic E-state index is -0.164. The molecule has 1 fully saturated rings. The number of piperidine rings is 1. The van der Waals surface area contributed by atoms with E-state index in [1.807, 2.05) is 44.4 Å². The van der Waals surface area contributed by atoms with Gasteiger partial charge in [-0.15, -0.1) is 0 Å². The second-order valence-corrected chi connectivity index (χ2v) is 8.79. The summed E-state index contributed by atoms with van der Waals surface area (Å²) in [6.45, 7) is 6.95. The van der Waals surface area contributed by atoms with Gasteiger partial charge in [0.05, 0.1) is 0 Å². The molecule has 1 aromatic heterocycles. The Balaban J connectivity index is 1.45. The van der Waals surface area contributed by atoms with Crippen LogP contribution in [0.5, 0.6) is 5.75 Å². The minimum absolute atomic E-state index is 0.130. The van der Waals surface area contributed by atoms with Crippen molar-refractivity contribution in [2.75, 3.05) is 13.1 Å². The van der Waals surface area contributed by atoms with E-state index in [0.717, 1.165) is 44.6 Å². The van der Waals surface area contributed by atoms with Crippen LogP contribution >= 0.6 is 0 Å². The Morgan fingerprint density at radius 2 is 2.03 bits per heavy atom. The highest BCUT2D eigenvalue weighted by atomic mass is 16.5. The molecule has 1 saturated heterocycles. The van der Waals surface area contributed by atoms with E-state index >= 15 is 0 Å². The van der Waals surface area contributed by atoms with Crippen molar-refractivity contribution < 1.29 is 9.53 Å². The molecule has 1 atom stereocenters. The van der Waals surface area contributed by atoms with Crippen LogP contribution in [0.15, 0.2) is 48.8 Å². The maximum atomic E-state index is 12.5. The predicted molar refractivity (Wildman–Crippen MR) is 114 cm³/mol. The molecular weight excluding hydrogens is 362 g/mol. The lowest BCUT2D eigenvalue weighted by molar-refractivity contribution is -0.122. The summed E-state index contributed by atoms with van der Waals surface area (Å²) in [6, 6.07) is 12.5. The molecule has 1 aromatic carbocycles. The van der Waals surface area contributed by atoms with Gasteiger partial charge in [0.1, 0.15) is 11.4 Å². The number of rotatable bonds is 5. The van der Waals surface area contributed by atoms with Gasteiger partial charge in [0, 0.05) is 50.4 Å². The molecule has 2 aliphatic rings. The number of pyridine rings is 1. The summed E-state index contributed by atoms with van der Waals surface area (Å²) in [4.78, 5) is 19.2. The lowest BCUT2D eigenvalue weighted by Crippen LogP contribution is -2.50. The van der Waals surface area contributed by atoms with Crippen LogP contribution in [0, 0.1) is 0 Å². The van der Waals surface area contributed by atoms with Gasteiger partial charge in [-0.1, -0.05) is 24.3 Å². The standard InChI is InChI=1S/C24H31N3O2/c1-18(2)26-23(28)14-20-15-24(29-22-8-4-3-7-21(20)22)9-12-27(13-10-24)17-19-6-5-11-25-16-19/h3-8,11,16,18,20H,9-10,12-15,17H2,1-2H3,(H,26,28). The smallest absolute Gasteiger partial charge is 0.220 e. The molecule has 0 bridgehead atoms. The number of aromatic nitrogens is 1. The molecule has 2 aromatic rings. The maximum Gasteiger partial charge on any atom is 0.220 e. The van der Waals surface area contributed by atoms with E-state index in [2.05, 4.69) is 33.4 Å². The van der Waals surface area contributed by atoms with Gasteiger partial charge in [-0.2, -0.15) is 0 Å². The van der Waals surface area contributed by atoms with Crippen molar-refractivity contribution in [2.24, 2.45) is 0 Å². The van der Waals surface area contributed by atoms with Crippen molar-refractivity contribution in [1.29, 1.82) is 0 Å². The molecule has 154 valence electrons. The first kappa shape index (κ1) is 19.9. The second-order valence-electron chi connectivity index (χ2n) is 8.79. The number of likely N-dealkylation sites (tertiary alicyclic amines) is 1. The largest absolute Gasteiger partial charge is 0.487 e. The number of nitrogens with one attached hydrogen (secondary N) is 1. The molecule has 5 nitrogen and oxygen atoms in total. The number of hydrogen-bond acceptors (Lipinski definition) is 4. The Bertz CT molecular complexity index is 829. The molecule has 5 heteroatoms. The highest BCUT2D eigenvalue weighted by Gasteiger charge is 2.43. The summed E-state index contributed by atoms with van der Waals surface area (Å²) < 4.78 is 6.58. The predicted octanol–water partition coefficient (Wildman–Crippen LogP) is 3.90. The van der Waals surface area contributed by atoms with Gasteiger partial charge < -0.3 is 10.1 Å². The topological polar surface area (TPSA) is 54.5 Å². The third-order valence-electron chi connectivity index (χ3n) is 6.08. The number of ether oxygens (including phenoxy) is 1. The third kappa shape index (κ3) is 4.78. The molecule has 0 saturated carbocycles. The molecule has 0 aliphatic carbocycles. The van der Waals surface area contributed by atoms with Crippen molar-refractivity contribution in [3.63, 3.8) is 0 Å². The number of carbonyl (C=O) groups is 1. The van der Waals surface area contributed by atoms with Crippen molar-refractivity contribution in [3.05, 3.63) is 59.9 Å². The van der Waals surface area contributed by atoms with E-state index in [1.165, 1.54) is 11.1 Å². The Kier molecular flexibility index (Phi) is 5.86. The lowest BCUT2D eigenvalue weighted by atomic mass is 9.76. The highest BCUT2D eigenvalue weighted by molar-refractivity contribution is 5.77. The zero-order valence-electron chi connectivity index (χ0n) is 17.4. The highest BCUT2D eigenvalue weighted by Crippen LogP contribution is 2.46. The van der Waals surface area contributed by atoms with E-state index in [1.54, 1.807) is 0 Å². The maximum absolute atomic E-state index is 12.5. The normalized spacial score (nSPS) is 20.9. The van der Waals surface area contributed by atoms with Crippen molar-refractivity contribution >= 4 is 5.91 Å². The van der Waals surface area contributed by atoms with Crippen LogP contribution in [0.2, 0.25) is 0 Å². The van der Waals surface area contributed by atoms with E-state index in [-0.39, 0.29) is 23.5 Å². The quantitative estimate of drug-likeness (QED) is 0.837. The van der Waals surface area contributed by atoms with Crippen LogP contribution in [-0.4, -0.2) is 40.5 Å². The molecule has 1 unspecified atom stereocenters. The molecule has 3 heterocycles. The Morgan fingerprint density at radius 3 is 2.76 bits per heavy atom. The summed E-state index contributed by atoms with van der Waals surface area (Å²) in [5.41, 5.74) is 2.26. The van der Waals surface area contributed by atoms with E-state index in [0.29, 0.717) is 6.42 Å². The minimum Gasteiger partial charge on any atom is -0.487 e. The number of hydrogen-bond donors (Lipinski definition) is 1. The number of amides is 1. The zero-order valence-corrected chi connectivity index (χ0v) is 17.4. The molecule has 1 N–H and O–H groups in total. The lowest BCUT2D eigenvalue weighted by Gasteiger charge is -2.47. The molecular formula is C24H31N3O2. The third-order valence-corrected chi connectivity index (χ3v) is 6.08. The van der Waals surface area contributed by atoms with Gasteiger partial charge in [0.25, 0.3) is 0 Å². The second kappa shape index (κ2) is 8.54. The van der Waals surface area contributed by atoms with Gasteiger partial charge in [0.2, 0.25) is 5.91 Å². The molecule has 2 aliphatic heterocycles. The van der Waals surface area contributed by atoms with E-state index < -0.39 is 0 Å². The monoisotopic (exact) mass is 393 g/mol. The molecule has 0 radical (unpaired) electrons. The van der Waals surface area contributed by atoms with Gasteiger partial charge >= 0.3 is 0 Å². The number of nitrogens with zero attached hydrogens (tertiary/aromatic N) is 2. The summed E-state index contributed by atoms with van der Waals surface area (Å²) in [6.07, 6.45) is 7.18. The van der Waals surface area contributed by atoms with Crippen LogP contribution in [0.25, 0.3) is 0 Å². The number of para-hydroxylation sites is 1. The summed E-state index contributed by atoms with van der Waals surface area (Å²) in [5.74, 6) is 1.30. The van der Waals surface area contributed by atoms with Crippen LogP contribution in [0.1, 0.15) is 56.6 Å². The first-order valence-corrected chi connectivity index (χ1v) is 10.7. The van der Waals surface area contributed by atoms with Crippen molar-refractivity contribution in [2.45, 2.75) is 63.6 Å². The Morgan fingerprint density at radius 1 is 1.24 bits per heavy atom. The van der Waals surface area contributed by atoms with Gasteiger partial charge in [-0.05, 0) is 56.4 Å². The summed E-state index contributed by atoms with van der Waals surface area (Å²) >= 11 is 0. The van der Waals surface area contributed by atoms with Gasteiger partial charge in [0.15, 0.2) is 0 Å². The van der Waals surface area contributed by atoms with Crippen LogP contribution in [0.3, 0.4) is 0 Å². The molecule has 29 heavy (non-hydrogen) atoms. The Hall–Kier alpha value is -2.40. The average Bonchev–Trinajstić information content (AvgIpc) is 2.70. The number of benzene rings is 1. The van der Waals surface area contributed by atoms with Gasteiger partial charge in [-0.3, -0.25) is 14.7 Å². The fourth-order valence-electron chi connectivity index (χ4n) is 4.71. The summed E-state index contributed by atoms with van der Waals surface area (Å²) in [5, 5.41) is 3.05. The van der Waals surface area contributed by atoms with E-state index in [9.17, 15) is 4.79 Å². The fourth-order valence-corrected chi connectivity index (χ4v) is 4.71. The average molecular weight is 394 g/mol. The van der Waals surface area contributed by atoms with Crippen molar-refractivity contribution in [1.82, 2.24) is 15.2 Å². The number of carbonyl (C=O) groups excluding carboxylic acids is 1. The summed E-state index contributed by atoms with van der Waals surface area (Å²) in [7, 11) is 0. The molecule has 1 amide bonds. The van der Waals surface area contributed by atoms with Crippen LogP contribution in [-0.2, 0) is 11.3 Å². The van der Waals surface area contributed by atoms with Crippen molar-refractivity contribution in [3.8, 4) is 5.75 Å². The fraction of sp³-hybridized carbons (Fsp3) is 0.500. The van der Waals surface area contributed by atoms with Crippen LogP contribution < -0.4 is 10.1 Å². The number of fused-ring (bicyclic) bond motifs is 1. The van der Waals surface area contributed by atoms with Crippen LogP contribution in [0.4, 0.5) is 0 Å². The zero-order chi connectivity index (χ0) is 20.3. The van der Waals surface area contributed by atoms with Gasteiger partial charge in [-0.25, -0.2) is 0 Å². The first-order chi connectivity index (χ1) is 14.0. The Labute approximate surface area is 173 Å². The molecule has 4 rings (SSSR count). The van der Waals surface area contributed by atoms with E-state index in [4.69, 9.17) is 4.74 Å². The molecule has 1 spiro atoms.